The van der Waals surface area contributed by atoms with Gasteiger partial charge in [-0.05, 0) is 41.1 Å². The summed E-state index contributed by atoms with van der Waals surface area (Å²) < 4.78 is 5.10. The number of thioether (sulfide) groups is 1. The Labute approximate surface area is 132 Å². The van der Waals surface area contributed by atoms with Gasteiger partial charge >= 0.3 is 0 Å². The lowest BCUT2D eigenvalue weighted by molar-refractivity contribution is 0.200. The van der Waals surface area contributed by atoms with Crippen molar-refractivity contribution in [3.05, 3.63) is 48.0 Å². The molecule has 114 valence electrons. The molecule has 1 N–H and O–H groups in total. The number of fused-ring (bicyclic) bond motifs is 1. The first kappa shape index (κ1) is 16.3. The molecule has 2 aromatic rings. The van der Waals surface area contributed by atoms with Crippen molar-refractivity contribution in [3.63, 3.8) is 0 Å². The maximum atomic E-state index is 5.10. The van der Waals surface area contributed by atoms with E-state index in [-0.39, 0.29) is 0 Å². The van der Waals surface area contributed by atoms with Crippen molar-refractivity contribution in [2.24, 2.45) is 0 Å². The van der Waals surface area contributed by atoms with E-state index in [1.807, 2.05) is 11.8 Å². The standard InChI is InChI=1S/C18H25NOS/c1-3-19-18(14-21-12-6-11-20-2)17-10-9-15-7-4-5-8-16(15)13-17/h4-5,7-10,13,18-19H,3,6,11-12,14H2,1-2H3. The lowest BCUT2D eigenvalue weighted by atomic mass is 10.0. The summed E-state index contributed by atoms with van der Waals surface area (Å²) in [4.78, 5) is 0. The zero-order valence-corrected chi connectivity index (χ0v) is 13.8. The normalized spacial score (nSPS) is 12.7. The molecule has 1 atom stereocenters. The molecule has 21 heavy (non-hydrogen) atoms. The molecule has 2 rings (SSSR count). The third-order valence-electron chi connectivity index (χ3n) is 3.55. The van der Waals surface area contributed by atoms with Crippen LogP contribution in [0.4, 0.5) is 0 Å². The van der Waals surface area contributed by atoms with E-state index < -0.39 is 0 Å². The number of hydrogen-bond acceptors (Lipinski definition) is 3. The predicted molar refractivity (Wildman–Crippen MR) is 94.2 cm³/mol. The largest absolute Gasteiger partial charge is 0.385 e. The first-order chi connectivity index (χ1) is 10.3. The van der Waals surface area contributed by atoms with Gasteiger partial charge in [-0.25, -0.2) is 0 Å². The van der Waals surface area contributed by atoms with Gasteiger partial charge in [-0.15, -0.1) is 0 Å². The zero-order chi connectivity index (χ0) is 14.9. The number of hydrogen-bond donors (Lipinski definition) is 1. The third-order valence-corrected chi connectivity index (χ3v) is 4.69. The number of benzene rings is 2. The highest BCUT2D eigenvalue weighted by molar-refractivity contribution is 7.99. The summed E-state index contributed by atoms with van der Waals surface area (Å²) in [6, 6.07) is 15.8. The fraction of sp³-hybridized carbons (Fsp3) is 0.444. The Morgan fingerprint density at radius 3 is 2.71 bits per heavy atom. The highest BCUT2D eigenvalue weighted by atomic mass is 32.2. The van der Waals surface area contributed by atoms with Crippen LogP contribution in [-0.4, -0.2) is 31.8 Å². The van der Waals surface area contributed by atoms with Crippen LogP contribution in [0.15, 0.2) is 42.5 Å². The quantitative estimate of drug-likeness (QED) is 0.699. The smallest absolute Gasteiger partial charge is 0.0470 e. The van der Waals surface area contributed by atoms with Gasteiger partial charge in [0, 0.05) is 25.5 Å². The summed E-state index contributed by atoms with van der Waals surface area (Å²) in [7, 11) is 1.77. The first-order valence-electron chi connectivity index (χ1n) is 7.64. The van der Waals surface area contributed by atoms with Crippen LogP contribution in [0, 0.1) is 0 Å². The highest BCUT2D eigenvalue weighted by Gasteiger charge is 2.10. The number of methoxy groups -OCH3 is 1. The molecular weight excluding hydrogens is 278 g/mol. The Bertz CT molecular complexity index is 543. The van der Waals surface area contributed by atoms with Crippen LogP contribution in [-0.2, 0) is 4.74 Å². The van der Waals surface area contributed by atoms with Gasteiger partial charge in [0.2, 0.25) is 0 Å². The molecule has 0 aliphatic rings. The Balaban J connectivity index is 2.01. The van der Waals surface area contributed by atoms with Crippen LogP contribution >= 0.6 is 11.8 Å². The van der Waals surface area contributed by atoms with Gasteiger partial charge < -0.3 is 10.1 Å². The SMILES string of the molecule is CCNC(CSCCCOC)c1ccc2ccccc2c1. The van der Waals surface area contributed by atoms with Gasteiger partial charge in [-0.3, -0.25) is 0 Å². The van der Waals surface area contributed by atoms with E-state index >= 15 is 0 Å². The fourth-order valence-corrected chi connectivity index (χ4v) is 3.49. The second-order valence-electron chi connectivity index (χ2n) is 5.14. The Kier molecular flexibility index (Phi) is 7.07. The zero-order valence-electron chi connectivity index (χ0n) is 13.0. The molecule has 0 radical (unpaired) electrons. The van der Waals surface area contributed by atoms with Gasteiger partial charge in [0.15, 0.2) is 0 Å². The summed E-state index contributed by atoms with van der Waals surface area (Å²) >= 11 is 2.00. The van der Waals surface area contributed by atoms with E-state index in [2.05, 4.69) is 54.7 Å². The number of rotatable bonds is 9. The van der Waals surface area contributed by atoms with Crippen molar-refractivity contribution in [3.8, 4) is 0 Å². The maximum Gasteiger partial charge on any atom is 0.0470 e. The molecule has 0 amide bonds. The molecule has 0 fully saturated rings. The molecule has 1 unspecified atom stereocenters. The summed E-state index contributed by atoms with van der Waals surface area (Å²) in [5.41, 5.74) is 1.38. The van der Waals surface area contributed by atoms with Gasteiger partial charge in [0.1, 0.15) is 0 Å². The van der Waals surface area contributed by atoms with Crippen molar-refractivity contribution in [2.75, 3.05) is 31.8 Å². The van der Waals surface area contributed by atoms with Crippen molar-refractivity contribution < 1.29 is 4.74 Å². The second kappa shape index (κ2) is 9.08. The second-order valence-corrected chi connectivity index (χ2v) is 6.29. The van der Waals surface area contributed by atoms with Crippen molar-refractivity contribution in [2.45, 2.75) is 19.4 Å². The molecule has 3 heteroatoms. The van der Waals surface area contributed by atoms with E-state index in [1.165, 1.54) is 16.3 Å². The molecule has 0 heterocycles. The van der Waals surface area contributed by atoms with Crippen LogP contribution < -0.4 is 5.32 Å². The minimum absolute atomic E-state index is 0.423. The first-order valence-corrected chi connectivity index (χ1v) is 8.79. The van der Waals surface area contributed by atoms with Crippen molar-refractivity contribution in [1.82, 2.24) is 5.32 Å². The third kappa shape index (κ3) is 5.03. The topological polar surface area (TPSA) is 21.3 Å². The summed E-state index contributed by atoms with van der Waals surface area (Å²) in [5, 5.41) is 6.23. The molecular formula is C18H25NOS. The number of nitrogens with one attached hydrogen (secondary N) is 1. The van der Waals surface area contributed by atoms with Crippen LogP contribution in [0.25, 0.3) is 10.8 Å². The minimum Gasteiger partial charge on any atom is -0.385 e. The molecule has 0 saturated carbocycles. The van der Waals surface area contributed by atoms with E-state index in [0.717, 1.165) is 31.1 Å². The fourth-order valence-electron chi connectivity index (χ4n) is 2.45. The van der Waals surface area contributed by atoms with Gasteiger partial charge in [-0.1, -0.05) is 43.3 Å². The maximum absolute atomic E-state index is 5.10. The number of ether oxygens (including phenoxy) is 1. The molecule has 2 nitrogen and oxygen atoms in total. The lowest BCUT2D eigenvalue weighted by Gasteiger charge is -2.18. The molecule has 0 saturated heterocycles. The molecule has 0 aromatic heterocycles. The summed E-state index contributed by atoms with van der Waals surface area (Å²) in [5.74, 6) is 2.26. The molecule has 0 spiro atoms. The lowest BCUT2D eigenvalue weighted by Crippen LogP contribution is -2.23. The van der Waals surface area contributed by atoms with E-state index in [9.17, 15) is 0 Å². The monoisotopic (exact) mass is 303 g/mol. The molecule has 0 aliphatic heterocycles. The Hall–Kier alpha value is -1.03. The van der Waals surface area contributed by atoms with Crippen LogP contribution in [0.3, 0.4) is 0 Å². The summed E-state index contributed by atoms with van der Waals surface area (Å²) in [6.45, 7) is 4.02. The summed E-state index contributed by atoms with van der Waals surface area (Å²) in [6.07, 6.45) is 1.12. The van der Waals surface area contributed by atoms with Crippen LogP contribution in [0.1, 0.15) is 24.9 Å². The Morgan fingerprint density at radius 2 is 1.95 bits per heavy atom. The van der Waals surface area contributed by atoms with Crippen LogP contribution in [0.2, 0.25) is 0 Å². The predicted octanol–water partition coefficient (Wildman–Crippen LogP) is 4.26. The average molecular weight is 303 g/mol. The van der Waals surface area contributed by atoms with Gasteiger partial charge in [0.05, 0.1) is 0 Å². The van der Waals surface area contributed by atoms with Crippen molar-refractivity contribution in [1.29, 1.82) is 0 Å². The molecule has 0 aliphatic carbocycles. The van der Waals surface area contributed by atoms with E-state index in [0.29, 0.717) is 6.04 Å². The van der Waals surface area contributed by atoms with E-state index in [1.54, 1.807) is 7.11 Å². The van der Waals surface area contributed by atoms with Crippen LogP contribution in [0.5, 0.6) is 0 Å². The van der Waals surface area contributed by atoms with Crippen molar-refractivity contribution >= 4 is 22.5 Å². The average Bonchev–Trinajstić information content (AvgIpc) is 2.53. The molecule has 0 bridgehead atoms. The minimum atomic E-state index is 0.423. The van der Waals surface area contributed by atoms with Gasteiger partial charge in [-0.2, -0.15) is 11.8 Å². The highest BCUT2D eigenvalue weighted by Crippen LogP contribution is 2.23. The van der Waals surface area contributed by atoms with E-state index in [4.69, 9.17) is 4.74 Å². The van der Waals surface area contributed by atoms with Gasteiger partial charge in [0.25, 0.3) is 0 Å². The Morgan fingerprint density at radius 1 is 1.14 bits per heavy atom. The molecule has 2 aromatic carbocycles.